The van der Waals surface area contributed by atoms with Gasteiger partial charge in [-0.05, 0) is 50.9 Å². The van der Waals surface area contributed by atoms with Crippen molar-refractivity contribution in [2.45, 2.75) is 38.3 Å². The van der Waals surface area contributed by atoms with E-state index in [-0.39, 0.29) is 11.6 Å². The fourth-order valence-electron chi connectivity index (χ4n) is 3.95. The van der Waals surface area contributed by atoms with Gasteiger partial charge in [-0.1, -0.05) is 30.3 Å². The van der Waals surface area contributed by atoms with Gasteiger partial charge in [0.1, 0.15) is 5.69 Å². The molecule has 3 heterocycles. The zero-order chi connectivity index (χ0) is 19.7. The first kappa shape index (κ1) is 18.9. The second-order valence-corrected chi connectivity index (χ2v) is 7.50. The van der Waals surface area contributed by atoms with E-state index in [0.717, 1.165) is 49.5 Å². The van der Waals surface area contributed by atoms with Gasteiger partial charge in [-0.15, -0.1) is 0 Å². The van der Waals surface area contributed by atoms with Crippen molar-refractivity contribution in [1.82, 2.24) is 19.5 Å². The van der Waals surface area contributed by atoms with E-state index in [2.05, 4.69) is 39.2 Å². The molecule has 2 aromatic heterocycles. The van der Waals surface area contributed by atoms with Crippen molar-refractivity contribution >= 4 is 5.65 Å². The first-order valence-corrected chi connectivity index (χ1v) is 9.61. The average Bonchev–Trinajstić information content (AvgIpc) is 3.27. The van der Waals surface area contributed by atoms with Crippen LogP contribution in [0.4, 0.5) is 13.2 Å². The van der Waals surface area contributed by atoms with E-state index in [1.807, 2.05) is 6.07 Å². The van der Waals surface area contributed by atoms with Gasteiger partial charge in [-0.3, -0.25) is 0 Å². The molecule has 148 valence electrons. The minimum absolute atomic E-state index is 0.153. The first-order valence-electron chi connectivity index (χ1n) is 9.61. The van der Waals surface area contributed by atoms with E-state index in [4.69, 9.17) is 0 Å². The molecule has 0 radical (unpaired) electrons. The lowest BCUT2D eigenvalue weighted by Gasteiger charge is -2.15. The van der Waals surface area contributed by atoms with Crippen LogP contribution in [0.2, 0.25) is 0 Å². The summed E-state index contributed by atoms with van der Waals surface area (Å²) in [5.41, 5.74) is 1.89. The molecule has 1 aliphatic rings. The zero-order valence-electron chi connectivity index (χ0n) is 15.8. The van der Waals surface area contributed by atoms with Gasteiger partial charge < -0.3 is 4.90 Å². The molecule has 1 aliphatic heterocycles. The number of fused-ring (bicyclic) bond motifs is 1. The van der Waals surface area contributed by atoms with Gasteiger partial charge in [0.25, 0.3) is 0 Å². The number of aromatic nitrogens is 3. The SMILES string of the molecule is Cc1cc(C(F)(F)F)n2nc([C@H]3CCN(CCCc4ccccc4)C3)cc2n1. The van der Waals surface area contributed by atoms with Crippen LogP contribution in [-0.4, -0.2) is 39.1 Å². The molecule has 0 aliphatic carbocycles. The summed E-state index contributed by atoms with van der Waals surface area (Å²) in [5.74, 6) is 0.153. The summed E-state index contributed by atoms with van der Waals surface area (Å²) in [5, 5.41) is 4.27. The molecular weight excluding hydrogens is 365 g/mol. The van der Waals surface area contributed by atoms with Crippen LogP contribution in [0, 0.1) is 6.92 Å². The second-order valence-electron chi connectivity index (χ2n) is 7.50. The molecule has 1 saturated heterocycles. The molecule has 0 spiro atoms. The van der Waals surface area contributed by atoms with Crippen molar-refractivity contribution in [3.63, 3.8) is 0 Å². The molecule has 0 unspecified atom stereocenters. The highest BCUT2D eigenvalue weighted by atomic mass is 19.4. The van der Waals surface area contributed by atoms with Crippen LogP contribution in [0.25, 0.3) is 5.65 Å². The minimum Gasteiger partial charge on any atom is -0.303 e. The summed E-state index contributed by atoms with van der Waals surface area (Å²) in [6.07, 6.45) is -1.43. The van der Waals surface area contributed by atoms with Crippen molar-refractivity contribution < 1.29 is 13.2 Å². The van der Waals surface area contributed by atoms with E-state index in [9.17, 15) is 13.2 Å². The number of hydrogen-bond donors (Lipinski definition) is 0. The van der Waals surface area contributed by atoms with Gasteiger partial charge in [0.2, 0.25) is 0 Å². The van der Waals surface area contributed by atoms with Crippen molar-refractivity contribution in [2.24, 2.45) is 0 Å². The van der Waals surface area contributed by atoms with Gasteiger partial charge in [0.05, 0.1) is 5.69 Å². The molecule has 0 amide bonds. The van der Waals surface area contributed by atoms with E-state index in [1.165, 1.54) is 5.56 Å². The van der Waals surface area contributed by atoms with Gasteiger partial charge in [-0.25, -0.2) is 9.50 Å². The molecule has 28 heavy (non-hydrogen) atoms. The molecule has 1 aromatic carbocycles. The quantitative estimate of drug-likeness (QED) is 0.646. The molecule has 3 aromatic rings. The van der Waals surface area contributed by atoms with Crippen LogP contribution in [-0.2, 0) is 12.6 Å². The molecular formula is C21H23F3N4. The fourth-order valence-corrected chi connectivity index (χ4v) is 3.95. The molecule has 7 heteroatoms. The zero-order valence-corrected chi connectivity index (χ0v) is 15.8. The maximum absolute atomic E-state index is 13.3. The second kappa shape index (κ2) is 7.54. The van der Waals surface area contributed by atoms with Crippen LogP contribution < -0.4 is 0 Å². The highest BCUT2D eigenvalue weighted by Crippen LogP contribution is 2.32. The van der Waals surface area contributed by atoms with Crippen LogP contribution in [0.3, 0.4) is 0 Å². The average molecular weight is 388 g/mol. The Morgan fingerprint density at radius 1 is 1.14 bits per heavy atom. The standard InChI is InChI=1S/C21H23F3N4/c1-15-12-19(21(22,23)24)28-20(25-15)13-18(26-28)17-9-11-27(14-17)10-5-8-16-6-3-2-4-7-16/h2-4,6-7,12-13,17H,5,8-11,14H2,1H3/t17-/m0/s1. The van der Waals surface area contributed by atoms with Gasteiger partial charge in [0.15, 0.2) is 5.65 Å². The third-order valence-electron chi connectivity index (χ3n) is 5.34. The van der Waals surface area contributed by atoms with Gasteiger partial charge in [0, 0.05) is 24.2 Å². The lowest BCUT2D eigenvalue weighted by molar-refractivity contribution is -0.142. The smallest absolute Gasteiger partial charge is 0.303 e. The Bertz CT molecular complexity index is 949. The Labute approximate surface area is 162 Å². The van der Waals surface area contributed by atoms with E-state index < -0.39 is 11.9 Å². The molecule has 1 atom stereocenters. The first-order chi connectivity index (χ1) is 13.4. The van der Waals surface area contributed by atoms with Crippen LogP contribution in [0.15, 0.2) is 42.5 Å². The Hall–Kier alpha value is -2.41. The Kier molecular flexibility index (Phi) is 5.10. The summed E-state index contributed by atoms with van der Waals surface area (Å²) in [6.45, 7) is 4.35. The summed E-state index contributed by atoms with van der Waals surface area (Å²) >= 11 is 0. The Morgan fingerprint density at radius 3 is 2.68 bits per heavy atom. The number of nitrogens with zero attached hydrogens (tertiary/aromatic N) is 4. The lowest BCUT2D eigenvalue weighted by atomic mass is 10.1. The Balaban J connectivity index is 1.43. The number of alkyl halides is 3. The van der Waals surface area contributed by atoms with Crippen LogP contribution in [0.5, 0.6) is 0 Å². The highest BCUT2D eigenvalue weighted by molar-refractivity contribution is 5.43. The Morgan fingerprint density at radius 2 is 1.93 bits per heavy atom. The number of rotatable bonds is 5. The maximum Gasteiger partial charge on any atom is 0.433 e. The minimum atomic E-state index is -4.45. The normalized spacial score (nSPS) is 18.2. The number of halogens is 3. The van der Waals surface area contributed by atoms with Crippen molar-refractivity contribution in [1.29, 1.82) is 0 Å². The molecule has 0 bridgehead atoms. The molecule has 1 fully saturated rings. The van der Waals surface area contributed by atoms with E-state index in [0.29, 0.717) is 11.4 Å². The van der Waals surface area contributed by atoms with Gasteiger partial charge >= 0.3 is 6.18 Å². The summed E-state index contributed by atoms with van der Waals surface area (Å²) in [4.78, 5) is 6.61. The summed E-state index contributed by atoms with van der Waals surface area (Å²) < 4.78 is 40.9. The van der Waals surface area contributed by atoms with Crippen molar-refractivity contribution in [3.05, 3.63) is 65.1 Å². The number of aryl methyl sites for hydroxylation is 2. The van der Waals surface area contributed by atoms with Crippen LogP contribution in [0.1, 0.15) is 41.4 Å². The van der Waals surface area contributed by atoms with E-state index >= 15 is 0 Å². The predicted octanol–water partition coefficient (Wildman–Crippen LogP) is 4.48. The topological polar surface area (TPSA) is 33.4 Å². The van der Waals surface area contributed by atoms with Crippen molar-refractivity contribution in [2.75, 3.05) is 19.6 Å². The summed E-state index contributed by atoms with van der Waals surface area (Å²) in [7, 11) is 0. The van der Waals surface area contributed by atoms with Gasteiger partial charge in [-0.2, -0.15) is 18.3 Å². The lowest BCUT2D eigenvalue weighted by Crippen LogP contribution is -2.22. The molecule has 4 rings (SSSR count). The fraction of sp³-hybridized carbons (Fsp3) is 0.429. The number of likely N-dealkylation sites (tertiary alicyclic amines) is 1. The highest BCUT2D eigenvalue weighted by Gasteiger charge is 2.35. The van der Waals surface area contributed by atoms with E-state index in [1.54, 1.807) is 13.0 Å². The predicted molar refractivity (Wildman–Crippen MR) is 101 cm³/mol. The molecule has 0 saturated carbocycles. The summed E-state index contributed by atoms with van der Waals surface area (Å²) in [6, 6.07) is 13.1. The largest absolute Gasteiger partial charge is 0.433 e. The van der Waals surface area contributed by atoms with Crippen molar-refractivity contribution in [3.8, 4) is 0 Å². The number of hydrogen-bond acceptors (Lipinski definition) is 3. The van der Waals surface area contributed by atoms with Crippen LogP contribution >= 0.6 is 0 Å². The molecule has 4 nitrogen and oxygen atoms in total. The number of benzene rings is 1. The maximum atomic E-state index is 13.3. The third-order valence-corrected chi connectivity index (χ3v) is 5.34. The monoisotopic (exact) mass is 388 g/mol. The molecule has 0 N–H and O–H groups in total. The third kappa shape index (κ3) is 4.04.